The molecule has 1 fully saturated rings. The summed E-state index contributed by atoms with van der Waals surface area (Å²) in [5.74, 6) is 1.05. The van der Waals surface area contributed by atoms with E-state index in [4.69, 9.17) is 0 Å². The molecule has 1 amide bonds. The molecule has 0 aliphatic heterocycles. The van der Waals surface area contributed by atoms with Gasteiger partial charge in [-0.25, -0.2) is 9.97 Å². The maximum atomic E-state index is 12.1. The molecule has 0 radical (unpaired) electrons. The van der Waals surface area contributed by atoms with Crippen molar-refractivity contribution in [1.82, 2.24) is 15.0 Å². The van der Waals surface area contributed by atoms with Crippen molar-refractivity contribution < 1.29 is 4.79 Å². The molecule has 1 aliphatic carbocycles. The van der Waals surface area contributed by atoms with Crippen LogP contribution in [-0.4, -0.2) is 20.9 Å². The van der Waals surface area contributed by atoms with Crippen LogP contribution in [0.4, 0.5) is 5.69 Å². The number of aryl methyl sites for hydroxylation is 1. The average molecular weight is 254 g/mol. The van der Waals surface area contributed by atoms with Gasteiger partial charge in [-0.15, -0.1) is 0 Å². The molecular formula is C14H14N4O. The molecule has 19 heavy (non-hydrogen) atoms. The van der Waals surface area contributed by atoms with Gasteiger partial charge in [-0.3, -0.25) is 9.78 Å². The first kappa shape index (κ1) is 11.8. The van der Waals surface area contributed by atoms with Crippen LogP contribution in [0.15, 0.2) is 30.7 Å². The molecule has 1 saturated carbocycles. The second kappa shape index (κ2) is 4.76. The van der Waals surface area contributed by atoms with Crippen molar-refractivity contribution >= 4 is 11.6 Å². The predicted octanol–water partition coefficient (Wildman–Crippen LogP) is 2.31. The Labute approximate surface area is 111 Å². The highest BCUT2D eigenvalue weighted by Crippen LogP contribution is 2.42. The molecular weight excluding hydrogens is 240 g/mol. The van der Waals surface area contributed by atoms with E-state index in [1.54, 1.807) is 30.7 Å². The lowest BCUT2D eigenvalue weighted by molar-refractivity contribution is 0.102. The SMILES string of the molecule is Cc1ncc(NC(=O)c2ccncc2)c(C2CC2)n1. The van der Waals surface area contributed by atoms with Crippen molar-refractivity contribution in [2.45, 2.75) is 25.7 Å². The molecule has 0 saturated heterocycles. The van der Waals surface area contributed by atoms with Gasteiger partial charge in [-0.05, 0) is 31.9 Å². The zero-order valence-corrected chi connectivity index (χ0v) is 10.6. The summed E-state index contributed by atoms with van der Waals surface area (Å²) >= 11 is 0. The summed E-state index contributed by atoms with van der Waals surface area (Å²) in [6, 6.07) is 3.36. The first-order valence-electron chi connectivity index (χ1n) is 6.29. The normalized spacial score (nSPS) is 14.2. The predicted molar refractivity (Wildman–Crippen MR) is 70.9 cm³/mol. The summed E-state index contributed by atoms with van der Waals surface area (Å²) < 4.78 is 0. The molecule has 96 valence electrons. The van der Waals surface area contributed by atoms with Gasteiger partial charge in [0.2, 0.25) is 0 Å². The van der Waals surface area contributed by atoms with E-state index in [-0.39, 0.29) is 5.91 Å². The monoisotopic (exact) mass is 254 g/mol. The number of carbonyl (C=O) groups excluding carboxylic acids is 1. The second-order valence-electron chi connectivity index (χ2n) is 4.68. The van der Waals surface area contributed by atoms with E-state index < -0.39 is 0 Å². The fourth-order valence-electron chi connectivity index (χ4n) is 1.95. The molecule has 2 aromatic heterocycles. The molecule has 0 spiro atoms. The van der Waals surface area contributed by atoms with E-state index in [1.807, 2.05) is 6.92 Å². The summed E-state index contributed by atoms with van der Waals surface area (Å²) in [6.07, 6.45) is 7.16. The molecule has 2 aromatic rings. The van der Waals surface area contributed by atoms with Crippen molar-refractivity contribution in [3.05, 3.63) is 47.8 Å². The Hall–Kier alpha value is -2.30. The summed E-state index contributed by atoms with van der Waals surface area (Å²) in [4.78, 5) is 24.6. The fraction of sp³-hybridized carbons (Fsp3) is 0.286. The Morgan fingerprint density at radius 2 is 2.05 bits per heavy atom. The topological polar surface area (TPSA) is 67.8 Å². The van der Waals surface area contributed by atoms with E-state index in [1.165, 1.54) is 0 Å². The molecule has 2 heterocycles. The Morgan fingerprint density at radius 3 is 2.74 bits per heavy atom. The van der Waals surface area contributed by atoms with E-state index in [0.717, 1.165) is 30.0 Å². The minimum atomic E-state index is -0.156. The maximum absolute atomic E-state index is 12.1. The second-order valence-corrected chi connectivity index (χ2v) is 4.68. The van der Waals surface area contributed by atoms with Gasteiger partial charge in [0.05, 0.1) is 17.6 Å². The standard InChI is InChI=1S/C14H14N4O/c1-9-16-8-12(13(17-9)10-2-3-10)18-14(19)11-4-6-15-7-5-11/h4-8,10H,2-3H2,1H3,(H,18,19). The van der Waals surface area contributed by atoms with Crippen molar-refractivity contribution in [2.75, 3.05) is 5.32 Å². The third-order valence-electron chi connectivity index (χ3n) is 3.09. The summed E-state index contributed by atoms with van der Waals surface area (Å²) in [5, 5.41) is 2.88. The Morgan fingerprint density at radius 1 is 1.32 bits per heavy atom. The molecule has 5 nitrogen and oxygen atoms in total. The Bertz CT molecular complexity index is 608. The lowest BCUT2D eigenvalue weighted by atomic mass is 10.2. The maximum Gasteiger partial charge on any atom is 0.255 e. The van der Waals surface area contributed by atoms with Crippen LogP contribution in [0.1, 0.15) is 40.6 Å². The number of amides is 1. The number of anilines is 1. The van der Waals surface area contributed by atoms with E-state index in [9.17, 15) is 4.79 Å². The van der Waals surface area contributed by atoms with Crippen LogP contribution in [0.2, 0.25) is 0 Å². The highest BCUT2D eigenvalue weighted by Gasteiger charge is 2.28. The first-order valence-corrected chi connectivity index (χ1v) is 6.29. The van der Waals surface area contributed by atoms with Crippen molar-refractivity contribution in [3.63, 3.8) is 0 Å². The molecule has 0 aromatic carbocycles. The van der Waals surface area contributed by atoms with Gasteiger partial charge in [0, 0.05) is 23.9 Å². The van der Waals surface area contributed by atoms with Gasteiger partial charge in [-0.2, -0.15) is 0 Å². The zero-order valence-electron chi connectivity index (χ0n) is 10.6. The van der Waals surface area contributed by atoms with E-state index in [2.05, 4.69) is 20.3 Å². The number of hydrogen-bond acceptors (Lipinski definition) is 4. The summed E-state index contributed by atoms with van der Waals surface area (Å²) in [5.41, 5.74) is 2.25. The highest BCUT2D eigenvalue weighted by atomic mass is 16.1. The largest absolute Gasteiger partial charge is 0.319 e. The highest BCUT2D eigenvalue weighted by molar-refractivity contribution is 6.04. The number of nitrogens with zero attached hydrogens (tertiary/aromatic N) is 3. The number of nitrogens with one attached hydrogen (secondary N) is 1. The van der Waals surface area contributed by atoms with Crippen LogP contribution in [0.5, 0.6) is 0 Å². The molecule has 0 bridgehead atoms. The molecule has 0 atom stereocenters. The molecule has 5 heteroatoms. The first-order chi connectivity index (χ1) is 9.24. The number of aromatic nitrogens is 3. The summed E-state index contributed by atoms with van der Waals surface area (Å²) in [6.45, 7) is 1.86. The van der Waals surface area contributed by atoms with E-state index in [0.29, 0.717) is 11.5 Å². The molecule has 1 N–H and O–H groups in total. The van der Waals surface area contributed by atoms with Crippen molar-refractivity contribution in [2.24, 2.45) is 0 Å². The van der Waals surface area contributed by atoms with Gasteiger partial charge in [0.1, 0.15) is 5.82 Å². The molecule has 1 aliphatic rings. The van der Waals surface area contributed by atoms with Crippen molar-refractivity contribution in [3.8, 4) is 0 Å². The lowest BCUT2D eigenvalue weighted by Crippen LogP contribution is -2.14. The van der Waals surface area contributed by atoms with Gasteiger partial charge in [-0.1, -0.05) is 0 Å². The quantitative estimate of drug-likeness (QED) is 0.912. The minimum Gasteiger partial charge on any atom is -0.319 e. The van der Waals surface area contributed by atoms with Crippen LogP contribution in [0.25, 0.3) is 0 Å². The molecule has 3 rings (SSSR count). The van der Waals surface area contributed by atoms with Gasteiger partial charge >= 0.3 is 0 Å². The minimum absolute atomic E-state index is 0.156. The zero-order chi connectivity index (χ0) is 13.2. The Balaban J connectivity index is 1.85. The number of pyridine rings is 1. The smallest absolute Gasteiger partial charge is 0.255 e. The van der Waals surface area contributed by atoms with Crippen molar-refractivity contribution in [1.29, 1.82) is 0 Å². The van der Waals surface area contributed by atoms with Gasteiger partial charge in [0.15, 0.2) is 0 Å². The number of hydrogen-bond donors (Lipinski definition) is 1. The van der Waals surface area contributed by atoms with Crippen LogP contribution in [0.3, 0.4) is 0 Å². The number of rotatable bonds is 3. The van der Waals surface area contributed by atoms with Gasteiger partial charge < -0.3 is 5.32 Å². The average Bonchev–Trinajstić information content (AvgIpc) is 3.26. The Kier molecular flexibility index (Phi) is 2.95. The summed E-state index contributed by atoms with van der Waals surface area (Å²) in [7, 11) is 0. The third kappa shape index (κ3) is 2.59. The van der Waals surface area contributed by atoms with Crippen LogP contribution in [0, 0.1) is 6.92 Å². The van der Waals surface area contributed by atoms with Gasteiger partial charge in [0.25, 0.3) is 5.91 Å². The van der Waals surface area contributed by atoms with E-state index >= 15 is 0 Å². The number of carbonyl (C=O) groups is 1. The lowest BCUT2D eigenvalue weighted by Gasteiger charge is -2.09. The van der Waals surface area contributed by atoms with Crippen LogP contribution in [-0.2, 0) is 0 Å². The van der Waals surface area contributed by atoms with Crippen LogP contribution < -0.4 is 5.32 Å². The molecule has 0 unspecified atom stereocenters. The third-order valence-corrected chi connectivity index (χ3v) is 3.09. The van der Waals surface area contributed by atoms with Crippen LogP contribution >= 0.6 is 0 Å². The fourth-order valence-corrected chi connectivity index (χ4v) is 1.95.